The van der Waals surface area contributed by atoms with Crippen molar-refractivity contribution in [2.24, 2.45) is 0 Å². The molecule has 4 rings (SSSR count). The van der Waals surface area contributed by atoms with E-state index in [-0.39, 0.29) is 12.0 Å². The third kappa shape index (κ3) is 3.96. The summed E-state index contributed by atoms with van der Waals surface area (Å²) in [6.45, 7) is 6.62. The number of hydrogen-bond donors (Lipinski definition) is 1. The molecular formula is C29H30O3. The molecule has 0 aliphatic carbocycles. The van der Waals surface area contributed by atoms with Gasteiger partial charge < -0.3 is 14.6 Å². The van der Waals surface area contributed by atoms with E-state index >= 15 is 0 Å². The quantitative estimate of drug-likeness (QED) is 0.374. The van der Waals surface area contributed by atoms with Crippen LogP contribution < -0.4 is 9.47 Å². The standard InChI is InChI=1S/C29H30O3/c1-29(2,3)23-13-9-19(10-14-23)24-8-6-7-20-17-21(11-15-25(20)24)27-22(18-30)12-16-26(31-4)28(27)32-5/h6-17,30H,18H2,1-5H3. The van der Waals surface area contributed by atoms with Crippen LogP contribution in [0.25, 0.3) is 33.0 Å². The van der Waals surface area contributed by atoms with Crippen LogP contribution in [0.15, 0.2) is 72.8 Å². The van der Waals surface area contributed by atoms with Crippen LogP contribution >= 0.6 is 0 Å². The maximum absolute atomic E-state index is 9.95. The van der Waals surface area contributed by atoms with Gasteiger partial charge in [0.05, 0.1) is 20.8 Å². The summed E-state index contributed by atoms with van der Waals surface area (Å²) in [5.74, 6) is 1.28. The molecule has 4 aromatic rings. The second kappa shape index (κ2) is 8.68. The number of hydrogen-bond acceptors (Lipinski definition) is 3. The van der Waals surface area contributed by atoms with Crippen LogP contribution in [0.4, 0.5) is 0 Å². The summed E-state index contributed by atoms with van der Waals surface area (Å²) in [5.41, 5.74) is 6.50. The lowest BCUT2D eigenvalue weighted by Crippen LogP contribution is -2.10. The molecule has 0 unspecified atom stereocenters. The summed E-state index contributed by atoms with van der Waals surface area (Å²) in [6.07, 6.45) is 0. The van der Waals surface area contributed by atoms with E-state index in [2.05, 4.69) is 81.4 Å². The Labute approximate surface area is 190 Å². The van der Waals surface area contributed by atoms with Crippen molar-refractivity contribution in [3.63, 3.8) is 0 Å². The number of aliphatic hydroxyl groups excluding tert-OH is 1. The Morgan fingerprint density at radius 1 is 0.781 bits per heavy atom. The third-order valence-electron chi connectivity index (χ3n) is 6.03. The van der Waals surface area contributed by atoms with Gasteiger partial charge in [-0.15, -0.1) is 0 Å². The van der Waals surface area contributed by atoms with E-state index in [1.165, 1.54) is 22.1 Å². The highest BCUT2D eigenvalue weighted by Crippen LogP contribution is 2.42. The van der Waals surface area contributed by atoms with Gasteiger partial charge in [0.2, 0.25) is 0 Å². The van der Waals surface area contributed by atoms with Gasteiger partial charge in [-0.1, -0.05) is 81.4 Å². The first-order chi connectivity index (χ1) is 15.4. The SMILES string of the molecule is COc1ccc(CO)c(-c2ccc3c(-c4ccc(C(C)(C)C)cc4)cccc3c2)c1OC. The van der Waals surface area contributed by atoms with Crippen LogP contribution in [-0.2, 0) is 12.0 Å². The molecule has 0 atom stereocenters. The maximum atomic E-state index is 9.95. The molecule has 0 bridgehead atoms. The Morgan fingerprint density at radius 3 is 2.12 bits per heavy atom. The van der Waals surface area contributed by atoms with Crippen LogP contribution in [0.1, 0.15) is 31.9 Å². The van der Waals surface area contributed by atoms with Crippen LogP contribution in [0.5, 0.6) is 11.5 Å². The van der Waals surface area contributed by atoms with Crippen molar-refractivity contribution >= 4 is 10.8 Å². The van der Waals surface area contributed by atoms with E-state index in [4.69, 9.17) is 9.47 Å². The fourth-order valence-corrected chi connectivity index (χ4v) is 4.26. The molecule has 1 N–H and O–H groups in total. The van der Waals surface area contributed by atoms with Crippen LogP contribution in [-0.4, -0.2) is 19.3 Å². The van der Waals surface area contributed by atoms with Crippen molar-refractivity contribution in [3.8, 4) is 33.8 Å². The van der Waals surface area contributed by atoms with Crippen molar-refractivity contribution in [2.45, 2.75) is 32.8 Å². The molecule has 0 saturated carbocycles. The minimum Gasteiger partial charge on any atom is -0.493 e. The first kappa shape index (κ1) is 21.9. The Kier molecular flexibility index (Phi) is 5.94. The summed E-state index contributed by atoms with van der Waals surface area (Å²) in [7, 11) is 3.25. The predicted molar refractivity (Wildman–Crippen MR) is 133 cm³/mol. The summed E-state index contributed by atoms with van der Waals surface area (Å²) < 4.78 is 11.2. The van der Waals surface area contributed by atoms with E-state index in [1.807, 2.05) is 12.1 Å². The molecule has 0 amide bonds. The zero-order valence-electron chi connectivity index (χ0n) is 19.4. The molecule has 0 aliphatic rings. The number of benzene rings is 4. The summed E-state index contributed by atoms with van der Waals surface area (Å²) in [4.78, 5) is 0. The Bertz CT molecular complexity index is 1250. The number of methoxy groups -OCH3 is 2. The fourth-order valence-electron chi connectivity index (χ4n) is 4.26. The molecular weight excluding hydrogens is 396 g/mol. The largest absolute Gasteiger partial charge is 0.493 e. The fraction of sp³-hybridized carbons (Fsp3) is 0.241. The lowest BCUT2D eigenvalue weighted by molar-refractivity contribution is 0.281. The average molecular weight is 427 g/mol. The molecule has 0 aliphatic heterocycles. The molecule has 32 heavy (non-hydrogen) atoms. The monoisotopic (exact) mass is 426 g/mol. The Morgan fingerprint density at radius 2 is 1.50 bits per heavy atom. The topological polar surface area (TPSA) is 38.7 Å². The lowest BCUT2D eigenvalue weighted by atomic mass is 9.86. The molecule has 164 valence electrons. The van der Waals surface area contributed by atoms with E-state index in [0.717, 1.165) is 22.1 Å². The molecule has 0 aromatic heterocycles. The second-order valence-electron chi connectivity index (χ2n) is 9.06. The van der Waals surface area contributed by atoms with Crippen LogP contribution in [0.2, 0.25) is 0 Å². The third-order valence-corrected chi connectivity index (χ3v) is 6.03. The van der Waals surface area contributed by atoms with Crippen molar-refractivity contribution in [3.05, 3.63) is 83.9 Å². The van der Waals surface area contributed by atoms with Gasteiger partial charge in [-0.05, 0) is 56.1 Å². The highest BCUT2D eigenvalue weighted by Gasteiger charge is 2.18. The van der Waals surface area contributed by atoms with Gasteiger partial charge in [0.1, 0.15) is 0 Å². The normalized spacial score (nSPS) is 11.6. The molecule has 0 heterocycles. The van der Waals surface area contributed by atoms with Gasteiger partial charge in [-0.2, -0.15) is 0 Å². The first-order valence-corrected chi connectivity index (χ1v) is 10.9. The molecule has 3 heteroatoms. The van der Waals surface area contributed by atoms with Gasteiger partial charge in [-0.25, -0.2) is 0 Å². The predicted octanol–water partition coefficient (Wildman–Crippen LogP) is 6.98. The lowest BCUT2D eigenvalue weighted by Gasteiger charge is -2.19. The minimum atomic E-state index is -0.0755. The van der Waals surface area contributed by atoms with Crippen molar-refractivity contribution in [1.82, 2.24) is 0 Å². The summed E-state index contributed by atoms with van der Waals surface area (Å²) >= 11 is 0. The van der Waals surface area contributed by atoms with Crippen LogP contribution in [0, 0.1) is 0 Å². The zero-order chi connectivity index (χ0) is 22.9. The number of fused-ring (bicyclic) bond motifs is 1. The molecule has 0 saturated heterocycles. The number of ether oxygens (including phenoxy) is 2. The van der Waals surface area contributed by atoms with Crippen molar-refractivity contribution in [1.29, 1.82) is 0 Å². The van der Waals surface area contributed by atoms with Crippen molar-refractivity contribution < 1.29 is 14.6 Å². The smallest absolute Gasteiger partial charge is 0.168 e. The van der Waals surface area contributed by atoms with E-state index < -0.39 is 0 Å². The second-order valence-corrected chi connectivity index (χ2v) is 9.06. The molecule has 0 fully saturated rings. The van der Waals surface area contributed by atoms with Gasteiger partial charge in [0.25, 0.3) is 0 Å². The highest BCUT2D eigenvalue weighted by molar-refractivity contribution is 5.99. The van der Waals surface area contributed by atoms with Crippen molar-refractivity contribution in [2.75, 3.05) is 14.2 Å². The molecule has 4 aromatic carbocycles. The molecule has 0 radical (unpaired) electrons. The Balaban J connectivity index is 1.85. The highest BCUT2D eigenvalue weighted by atomic mass is 16.5. The van der Waals surface area contributed by atoms with Crippen LogP contribution in [0.3, 0.4) is 0 Å². The van der Waals surface area contributed by atoms with Gasteiger partial charge >= 0.3 is 0 Å². The van der Waals surface area contributed by atoms with Gasteiger partial charge in [0, 0.05) is 5.56 Å². The first-order valence-electron chi connectivity index (χ1n) is 10.9. The average Bonchev–Trinajstić information content (AvgIpc) is 2.81. The summed E-state index contributed by atoms with van der Waals surface area (Å²) in [6, 6.07) is 25.3. The number of rotatable bonds is 5. The van der Waals surface area contributed by atoms with E-state index in [0.29, 0.717) is 11.5 Å². The Hall–Kier alpha value is -3.30. The molecule has 0 spiro atoms. The maximum Gasteiger partial charge on any atom is 0.168 e. The number of aliphatic hydroxyl groups is 1. The molecule has 3 nitrogen and oxygen atoms in total. The summed E-state index contributed by atoms with van der Waals surface area (Å²) in [5, 5.41) is 12.3. The van der Waals surface area contributed by atoms with Gasteiger partial charge in [0.15, 0.2) is 11.5 Å². The van der Waals surface area contributed by atoms with E-state index in [9.17, 15) is 5.11 Å². The zero-order valence-corrected chi connectivity index (χ0v) is 19.4. The van der Waals surface area contributed by atoms with E-state index in [1.54, 1.807) is 14.2 Å². The minimum absolute atomic E-state index is 0.0755. The van der Waals surface area contributed by atoms with Gasteiger partial charge in [-0.3, -0.25) is 0 Å².